The second-order valence-corrected chi connectivity index (χ2v) is 8.89. The number of Topliss-reactive ketones (excluding diaryl/α,β-unsaturated/α-hetero) is 1. The number of nitrogens with zero attached hydrogens (tertiary/aromatic N) is 1. The molecule has 4 rings (SSSR count). The third-order valence-corrected chi connectivity index (χ3v) is 6.84. The number of anilines is 1. The first-order valence-corrected chi connectivity index (χ1v) is 10.7. The van der Waals surface area contributed by atoms with Gasteiger partial charge in [-0.25, -0.2) is 8.42 Å². The van der Waals surface area contributed by atoms with Crippen LogP contribution in [0.2, 0.25) is 0 Å². The Hall–Kier alpha value is -3.52. The van der Waals surface area contributed by atoms with Crippen molar-refractivity contribution < 1.29 is 22.8 Å². The molecule has 30 heavy (non-hydrogen) atoms. The van der Waals surface area contributed by atoms with Gasteiger partial charge in [0.1, 0.15) is 0 Å². The summed E-state index contributed by atoms with van der Waals surface area (Å²) < 4.78 is 27.8. The van der Waals surface area contributed by atoms with Crippen molar-refractivity contribution in [2.75, 3.05) is 5.32 Å². The fourth-order valence-corrected chi connectivity index (χ4v) is 5.19. The highest BCUT2D eigenvalue weighted by Crippen LogP contribution is 2.41. The SMILES string of the molecule is CC(=O)Nc1ccc(S(=O)(=O)N2C=C(c3ccccc3)C3C(=O)C(=O)C=CC32)cc1. The molecule has 0 spiro atoms. The molecule has 2 aliphatic rings. The van der Waals surface area contributed by atoms with E-state index in [1.165, 1.54) is 43.5 Å². The van der Waals surface area contributed by atoms with Gasteiger partial charge in [0.25, 0.3) is 10.0 Å². The number of amides is 1. The highest BCUT2D eigenvalue weighted by atomic mass is 32.2. The molecule has 2 atom stereocenters. The lowest BCUT2D eigenvalue weighted by atomic mass is 9.82. The summed E-state index contributed by atoms with van der Waals surface area (Å²) in [6.07, 6.45) is 4.03. The van der Waals surface area contributed by atoms with Crippen LogP contribution < -0.4 is 5.32 Å². The van der Waals surface area contributed by atoms with E-state index >= 15 is 0 Å². The van der Waals surface area contributed by atoms with Crippen LogP contribution in [0.5, 0.6) is 0 Å². The van der Waals surface area contributed by atoms with E-state index in [0.717, 1.165) is 10.4 Å². The molecule has 1 amide bonds. The lowest BCUT2D eigenvalue weighted by molar-refractivity contribution is -0.136. The molecule has 7 nitrogen and oxygen atoms in total. The van der Waals surface area contributed by atoms with E-state index < -0.39 is 33.5 Å². The summed E-state index contributed by atoms with van der Waals surface area (Å²) in [5.74, 6) is -2.43. The Morgan fingerprint density at radius 3 is 2.30 bits per heavy atom. The largest absolute Gasteiger partial charge is 0.326 e. The van der Waals surface area contributed by atoms with Gasteiger partial charge in [-0.05, 0) is 41.5 Å². The van der Waals surface area contributed by atoms with Crippen molar-refractivity contribution in [1.29, 1.82) is 0 Å². The van der Waals surface area contributed by atoms with Crippen LogP contribution in [0.25, 0.3) is 5.57 Å². The van der Waals surface area contributed by atoms with Gasteiger partial charge in [-0.15, -0.1) is 0 Å². The van der Waals surface area contributed by atoms with Crippen molar-refractivity contribution in [3.05, 3.63) is 78.5 Å². The van der Waals surface area contributed by atoms with Gasteiger partial charge in [0.2, 0.25) is 17.5 Å². The quantitative estimate of drug-likeness (QED) is 0.763. The Labute approximate surface area is 173 Å². The van der Waals surface area contributed by atoms with Gasteiger partial charge in [0.05, 0.1) is 16.9 Å². The number of allylic oxidation sites excluding steroid dienone is 1. The highest BCUT2D eigenvalue weighted by Gasteiger charge is 2.47. The van der Waals surface area contributed by atoms with Crippen LogP contribution in [-0.4, -0.2) is 36.2 Å². The summed E-state index contributed by atoms with van der Waals surface area (Å²) in [7, 11) is -4.01. The number of sulfonamides is 1. The van der Waals surface area contributed by atoms with Crippen LogP contribution in [0.4, 0.5) is 5.69 Å². The van der Waals surface area contributed by atoms with E-state index in [1.54, 1.807) is 24.3 Å². The maximum atomic E-state index is 13.4. The molecule has 0 bridgehead atoms. The lowest BCUT2D eigenvalue weighted by Crippen LogP contribution is -2.42. The molecule has 0 fully saturated rings. The average molecular weight is 422 g/mol. The van der Waals surface area contributed by atoms with E-state index in [1.807, 2.05) is 6.07 Å². The van der Waals surface area contributed by atoms with Crippen LogP contribution in [0.1, 0.15) is 12.5 Å². The van der Waals surface area contributed by atoms with E-state index in [4.69, 9.17) is 0 Å². The van der Waals surface area contributed by atoms with Crippen LogP contribution in [0.3, 0.4) is 0 Å². The standard InChI is InChI=1S/C22H18N2O5S/c1-14(25)23-16-7-9-17(10-8-16)30(28,29)24-13-18(15-5-3-2-4-6-15)21-19(24)11-12-20(26)22(21)27/h2-13,19,21H,1H3,(H,23,25). The van der Waals surface area contributed by atoms with Crippen molar-refractivity contribution in [1.82, 2.24) is 4.31 Å². The Morgan fingerprint density at radius 1 is 1.00 bits per heavy atom. The zero-order valence-corrected chi connectivity index (χ0v) is 16.8. The maximum absolute atomic E-state index is 13.4. The van der Waals surface area contributed by atoms with Crippen molar-refractivity contribution in [2.45, 2.75) is 17.9 Å². The molecule has 1 N–H and O–H groups in total. The molecular formula is C22H18N2O5S. The van der Waals surface area contributed by atoms with E-state index in [2.05, 4.69) is 5.32 Å². The minimum Gasteiger partial charge on any atom is -0.326 e. The third kappa shape index (κ3) is 3.35. The molecule has 0 saturated carbocycles. The first-order valence-electron chi connectivity index (χ1n) is 9.24. The number of ketones is 2. The van der Waals surface area contributed by atoms with Gasteiger partial charge in [-0.2, -0.15) is 0 Å². The van der Waals surface area contributed by atoms with Crippen LogP contribution in [0.15, 0.2) is 77.8 Å². The summed E-state index contributed by atoms with van der Waals surface area (Å²) in [5.41, 5.74) is 1.64. The van der Waals surface area contributed by atoms with Crippen LogP contribution in [-0.2, 0) is 24.4 Å². The monoisotopic (exact) mass is 422 g/mol. The third-order valence-electron chi connectivity index (χ3n) is 5.06. The zero-order valence-electron chi connectivity index (χ0n) is 16.0. The fourth-order valence-electron chi connectivity index (χ4n) is 3.70. The van der Waals surface area contributed by atoms with Gasteiger partial charge in [-0.3, -0.25) is 18.7 Å². The Balaban J connectivity index is 1.77. The topological polar surface area (TPSA) is 101 Å². The average Bonchev–Trinajstić information content (AvgIpc) is 3.12. The van der Waals surface area contributed by atoms with Crippen molar-refractivity contribution >= 4 is 38.8 Å². The van der Waals surface area contributed by atoms with E-state index in [9.17, 15) is 22.8 Å². The first-order chi connectivity index (χ1) is 14.3. The number of hydrogen-bond donors (Lipinski definition) is 1. The minimum atomic E-state index is -4.01. The maximum Gasteiger partial charge on any atom is 0.264 e. The summed E-state index contributed by atoms with van der Waals surface area (Å²) in [6, 6.07) is 13.9. The van der Waals surface area contributed by atoms with Crippen molar-refractivity contribution in [3.63, 3.8) is 0 Å². The Morgan fingerprint density at radius 2 is 1.67 bits per heavy atom. The molecule has 2 aromatic rings. The number of carbonyl (C=O) groups excluding carboxylic acids is 3. The molecule has 0 saturated heterocycles. The molecule has 2 unspecified atom stereocenters. The summed E-state index contributed by atoms with van der Waals surface area (Å²) in [5, 5.41) is 2.58. The second kappa shape index (κ2) is 7.38. The normalized spacial score (nSPS) is 20.7. The lowest BCUT2D eigenvalue weighted by Gasteiger charge is -2.28. The van der Waals surface area contributed by atoms with Crippen molar-refractivity contribution in [2.24, 2.45) is 5.92 Å². The number of benzene rings is 2. The first kappa shape index (κ1) is 19.8. The number of nitrogens with one attached hydrogen (secondary N) is 1. The molecule has 2 aromatic carbocycles. The second-order valence-electron chi connectivity index (χ2n) is 7.05. The molecule has 0 aromatic heterocycles. The van der Waals surface area contributed by atoms with Gasteiger partial charge >= 0.3 is 0 Å². The summed E-state index contributed by atoms with van der Waals surface area (Å²) >= 11 is 0. The molecule has 1 heterocycles. The van der Waals surface area contributed by atoms with E-state index in [-0.39, 0.29) is 10.8 Å². The minimum absolute atomic E-state index is 0.0127. The molecule has 0 radical (unpaired) electrons. The van der Waals surface area contributed by atoms with Gasteiger partial charge in [0.15, 0.2) is 0 Å². The smallest absolute Gasteiger partial charge is 0.264 e. The van der Waals surface area contributed by atoms with Crippen LogP contribution in [0, 0.1) is 5.92 Å². The van der Waals surface area contributed by atoms with Crippen molar-refractivity contribution in [3.8, 4) is 0 Å². The predicted molar refractivity (Wildman–Crippen MR) is 111 cm³/mol. The van der Waals surface area contributed by atoms with Crippen LogP contribution >= 0.6 is 0 Å². The number of rotatable bonds is 4. The van der Waals surface area contributed by atoms with E-state index in [0.29, 0.717) is 16.8 Å². The summed E-state index contributed by atoms with van der Waals surface area (Å²) in [4.78, 5) is 35.8. The molecule has 1 aliphatic carbocycles. The zero-order chi connectivity index (χ0) is 21.5. The van der Waals surface area contributed by atoms with Gasteiger partial charge < -0.3 is 5.32 Å². The highest BCUT2D eigenvalue weighted by molar-refractivity contribution is 7.89. The Bertz CT molecular complexity index is 1200. The summed E-state index contributed by atoms with van der Waals surface area (Å²) in [6.45, 7) is 1.36. The van der Waals surface area contributed by atoms with Gasteiger partial charge in [-0.1, -0.05) is 36.4 Å². The Kier molecular flexibility index (Phi) is 4.87. The molecule has 8 heteroatoms. The van der Waals surface area contributed by atoms with Gasteiger partial charge in [0, 0.05) is 18.8 Å². The molecule has 152 valence electrons. The molecular weight excluding hydrogens is 404 g/mol. The fraction of sp³-hybridized carbons (Fsp3) is 0.136. The number of fused-ring (bicyclic) bond motifs is 1. The number of hydrogen-bond acceptors (Lipinski definition) is 5. The predicted octanol–water partition coefficient (Wildman–Crippen LogP) is 2.38. The number of carbonyl (C=O) groups is 3. The molecule has 1 aliphatic heterocycles.